The molecular weight excluding hydrogens is 238 g/mol. The van der Waals surface area contributed by atoms with Gasteiger partial charge in [0, 0.05) is 31.7 Å². The molecule has 5 heteroatoms. The van der Waals surface area contributed by atoms with Crippen LogP contribution in [0.2, 0.25) is 0 Å². The van der Waals surface area contributed by atoms with Gasteiger partial charge in [-0.15, -0.1) is 0 Å². The molecule has 1 rings (SSSR count). The Kier molecular flexibility index (Phi) is 5.13. The molecule has 0 aromatic rings. The standard InChI is InChI=1S/C12H23NO3S/c1-10-4-5-12(14)11(8-10)9-13(2)6-7-17(3,15)16/h10-11H,4-9H2,1-3H3. The van der Waals surface area contributed by atoms with Crippen LogP contribution in [0.25, 0.3) is 0 Å². The molecular formula is C12H23NO3S. The number of ketones is 1. The Morgan fingerprint density at radius 3 is 2.65 bits per heavy atom. The van der Waals surface area contributed by atoms with Gasteiger partial charge in [0.25, 0.3) is 0 Å². The van der Waals surface area contributed by atoms with Gasteiger partial charge < -0.3 is 4.90 Å². The molecule has 1 fully saturated rings. The Balaban J connectivity index is 2.39. The summed E-state index contributed by atoms with van der Waals surface area (Å²) in [4.78, 5) is 13.7. The highest BCUT2D eigenvalue weighted by molar-refractivity contribution is 7.90. The van der Waals surface area contributed by atoms with E-state index in [-0.39, 0.29) is 11.7 Å². The third kappa shape index (κ3) is 5.64. The van der Waals surface area contributed by atoms with Crippen LogP contribution in [-0.4, -0.2) is 51.2 Å². The summed E-state index contributed by atoms with van der Waals surface area (Å²) < 4.78 is 22.1. The monoisotopic (exact) mass is 261 g/mol. The SMILES string of the molecule is CC1CCC(=O)C(CN(C)CCS(C)(=O)=O)C1. The highest BCUT2D eigenvalue weighted by Gasteiger charge is 2.27. The van der Waals surface area contributed by atoms with Gasteiger partial charge in [0.05, 0.1) is 5.75 Å². The van der Waals surface area contributed by atoms with Crippen molar-refractivity contribution >= 4 is 15.6 Å². The summed E-state index contributed by atoms with van der Waals surface area (Å²) in [7, 11) is -1.02. The zero-order valence-corrected chi connectivity index (χ0v) is 11.8. The fraction of sp³-hybridized carbons (Fsp3) is 0.917. The van der Waals surface area contributed by atoms with E-state index in [9.17, 15) is 13.2 Å². The van der Waals surface area contributed by atoms with Crippen molar-refractivity contribution in [1.29, 1.82) is 0 Å². The van der Waals surface area contributed by atoms with Gasteiger partial charge in [-0.05, 0) is 25.8 Å². The van der Waals surface area contributed by atoms with Crippen LogP contribution < -0.4 is 0 Å². The van der Waals surface area contributed by atoms with Gasteiger partial charge in [-0.2, -0.15) is 0 Å². The highest BCUT2D eigenvalue weighted by Crippen LogP contribution is 2.26. The van der Waals surface area contributed by atoms with Crippen LogP contribution in [-0.2, 0) is 14.6 Å². The molecule has 0 bridgehead atoms. The lowest BCUT2D eigenvalue weighted by molar-refractivity contribution is -0.126. The number of carbonyl (C=O) groups excluding carboxylic acids is 1. The topological polar surface area (TPSA) is 54.5 Å². The average molecular weight is 261 g/mol. The van der Waals surface area contributed by atoms with Crippen molar-refractivity contribution in [2.24, 2.45) is 11.8 Å². The molecule has 0 radical (unpaired) electrons. The quantitative estimate of drug-likeness (QED) is 0.740. The molecule has 2 unspecified atom stereocenters. The van der Waals surface area contributed by atoms with E-state index in [1.165, 1.54) is 6.26 Å². The second kappa shape index (κ2) is 5.96. The molecule has 17 heavy (non-hydrogen) atoms. The molecule has 0 saturated heterocycles. The predicted molar refractivity (Wildman–Crippen MR) is 68.7 cm³/mol. The molecule has 4 nitrogen and oxygen atoms in total. The first-order valence-electron chi connectivity index (χ1n) is 6.17. The van der Waals surface area contributed by atoms with E-state index in [0.29, 0.717) is 31.2 Å². The van der Waals surface area contributed by atoms with Crippen molar-refractivity contribution < 1.29 is 13.2 Å². The molecule has 0 aromatic heterocycles. The van der Waals surface area contributed by atoms with Crippen molar-refractivity contribution in [3.8, 4) is 0 Å². The van der Waals surface area contributed by atoms with E-state index >= 15 is 0 Å². The maximum Gasteiger partial charge on any atom is 0.148 e. The Hall–Kier alpha value is -0.420. The first-order valence-corrected chi connectivity index (χ1v) is 8.23. The summed E-state index contributed by atoms with van der Waals surface area (Å²) in [6, 6.07) is 0. The number of nitrogens with zero attached hydrogens (tertiary/aromatic N) is 1. The van der Waals surface area contributed by atoms with E-state index in [1.54, 1.807) is 0 Å². The van der Waals surface area contributed by atoms with Gasteiger partial charge in [0.15, 0.2) is 0 Å². The second-order valence-electron chi connectivity index (χ2n) is 5.43. The van der Waals surface area contributed by atoms with Gasteiger partial charge in [-0.25, -0.2) is 8.42 Å². The second-order valence-corrected chi connectivity index (χ2v) is 7.69. The van der Waals surface area contributed by atoms with Crippen LogP contribution in [0.5, 0.6) is 0 Å². The molecule has 100 valence electrons. The number of Topliss-reactive ketones (excluding diaryl/α,β-unsaturated/α-hetero) is 1. The van der Waals surface area contributed by atoms with Gasteiger partial charge in [0.2, 0.25) is 0 Å². The minimum Gasteiger partial charge on any atom is -0.305 e. The van der Waals surface area contributed by atoms with Gasteiger partial charge in [-0.1, -0.05) is 6.92 Å². The smallest absolute Gasteiger partial charge is 0.148 e. The van der Waals surface area contributed by atoms with Crippen LogP contribution in [0.4, 0.5) is 0 Å². The average Bonchev–Trinajstić information content (AvgIpc) is 2.20. The maximum absolute atomic E-state index is 11.7. The number of hydrogen-bond acceptors (Lipinski definition) is 4. The van der Waals surface area contributed by atoms with Crippen LogP contribution in [0.15, 0.2) is 0 Å². The van der Waals surface area contributed by atoms with E-state index in [4.69, 9.17) is 0 Å². The van der Waals surface area contributed by atoms with E-state index in [0.717, 1.165) is 12.8 Å². The van der Waals surface area contributed by atoms with E-state index in [1.807, 2.05) is 11.9 Å². The van der Waals surface area contributed by atoms with E-state index < -0.39 is 9.84 Å². The molecule has 0 aliphatic heterocycles. The maximum atomic E-state index is 11.7. The molecule has 1 saturated carbocycles. The Morgan fingerprint density at radius 2 is 2.06 bits per heavy atom. The van der Waals surface area contributed by atoms with Gasteiger partial charge in [-0.3, -0.25) is 4.79 Å². The molecule has 0 heterocycles. The number of sulfone groups is 1. The van der Waals surface area contributed by atoms with Crippen molar-refractivity contribution in [3.05, 3.63) is 0 Å². The first kappa shape index (κ1) is 14.6. The van der Waals surface area contributed by atoms with Crippen LogP contribution >= 0.6 is 0 Å². The molecule has 0 spiro atoms. The van der Waals surface area contributed by atoms with Crippen molar-refractivity contribution in [3.63, 3.8) is 0 Å². The number of hydrogen-bond donors (Lipinski definition) is 0. The minimum atomic E-state index is -2.91. The molecule has 0 aromatic carbocycles. The lowest BCUT2D eigenvalue weighted by Crippen LogP contribution is -2.36. The fourth-order valence-electron chi connectivity index (χ4n) is 2.29. The van der Waals surface area contributed by atoms with Crippen LogP contribution in [0, 0.1) is 11.8 Å². The Bertz CT molecular complexity index is 364. The zero-order valence-electron chi connectivity index (χ0n) is 11.0. The summed E-state index contributed by atoms with van der Waals surface area (Å²) in [6.07, 6.45) is 3.88. The lowest BCUT2D eigenvalue weighted by Gasteiger charge is -2.29. The molecule has 1 aliphatic carbocycles. The summed E-state index contributed by atoms with van der Waals surface area (Å²) in [6.45, 7) is 3.38. The summed E-state index contributed by atoms with van der Waals surface area (Å²) >= 11 is 0. The normalized spacial score (nSPS) is 26.5. The molecule has 2 atom stereocenters. The Morgan fingerprint density at radius 1 is 1.41 bits per heavy atom. The summed E-state index contributed by atoms with van der Waals surface area (Å²) in [5.74, 6) is 1.22. The van der Waals surface area contributed by atoms with Gasteiger partial charge in [0.1, 0.15) is 15.6 Å². The lowest BCUT2D eigenvalue weighted by atomic mass is 9.81. The third-order valence-corrected chi connectivity index (χ3v) is 4.33. The van der Waals surface area contributed by atoms with Gasteiger partial charge >= 0.3 is 0 Å². The predicted octanol–water partition coefficient (Wildman–Crippen LogP) is 0.968. The molecule has 0 amide bonds. The van der Waals surface area contributed by atoms with Crippen molar-refractivity contribution in [2.75, 3.05) is 32.1 Å². The zero-order chi connectivity index (χ0) is 13.1. The fourth-order valence-corrected chi connectivity index (χ4v) is 2.94. The number of carbonyl (C=O) groups is 1. The largest absolute Gasteiger partial charge is 0.305 e. The van der Waals surface area contributed by atoms with Crippen molar-refractivity contribution in [1.82, 2.24) is 4.90 Å². The molecule has 0 N–H and O–H groups in total. The number of rotatable bonds is 5. The first-order chi connectivity index (χ1) is 7.78. The van der Waals surface area contributed by atoms with Crippen LogP contribution in [0.1, 0.15) is 26.2 Å². The summed E-state index contributed by atoms with van der Waals surface area (Å²) in [5.41, 5.74) is 0. The van der Waals surface area contributed by atoms with Crippen molar-refractivity contribution in [2.45, 2.75) is 26.2 Å². The Labute approximate surface area is 104 Å². The summed E-state index contributed by atoms with van der Waals surface area (Å²) in [5, 5.41) is 0. The van der Waals surface area contributed by atoms with E-state index in [2.05, 4.69) is 6.92 Å². The molecule has 1 aliphatic rings. The third-order valence-electron chi connectivity index (χ3n) is 3.40. The highest BCUT2D eigenvalue weighted by atomic mass is 32.2. The van der Waals surface area contributed by atoms with Crippen LogP contribution in [0.3, 0.4) is 0 Å². The minimum absolute atomic E-state index is 0.100.